The molecule has 3 aromatic carbocycles. The summed E-state index contributed by atoms with van der Waals surface area (Å²) in [5.41, 5.74) is 2.34. The van der Waals surface area contributed by atoms with Gasteiger partial charge in [0.15, 0.2) is 0 Å². The summed E-state index contributed by atoms with van der Waals surface area (Å²) in [7, 11) is 0. The van der Waals surface area contributed by atoms with Gasteiger partial charge in [0.1, 0.15) is 11.9 Å². The molecule has 0 aromatic heterocycles. The first kappa shape index (κ1) is 26.9. The van der Waals surface area contributed by atoms with Gasteiger partial charge < -0.3 is 15.1 Å². The van der Waals surface area contributed by atoms with E-state index in [-0.39, 0.29) is 42.5 Å². The fourth-order valence-corrected chi connectivity index (χ4v) is 5.98. The quantitative estimate of drug-likeness (QED) is 0.352. The van der Waals surface area contributed by atoms with Crippen molar-refractivity contribution in [1.82, 2.24) is 10.2 Å². The number of anilines is 1. The van der Waals surface area contributed by atoms with Gasteiger partial charge in [-0.3, -0.25) is 14.4 Å². The molecule has 3 aromatic rings. The van der Waals surface area contributed by atoms with Crippen molar-refractivity contribution < 1.29 is 18.8 Å². The van der Waals surface area contributed by atoms with E-state index in [2.05, 4.69) is 5.32 Å². The van der Waals surface area contributed by atoms with Crippen molar-refractivity contribution in [3.63, 3.8) is 0 Å². The Kier molecular flexibility index (Phi) is 8.24. The highest BCUT2D eigenvalue weighted by molar-refractivity contribution is 6.25. The smallest absolute Gasteiger partial charge is 0.258 e. The molecule has 1 fully saturated rings. The van der Waals surface area contributed by atoms with E-state index in [1.165, 1.54) is 18.6 Å². The minimum absolute atomic E-state index is 0.0456. The Morgan fingerprint density at radius 2 is 1.74 bits per heavy atom. The van der Waals surface area contributed by atoms with Crippen LogP contribution in [0.2, 0.25) is 0 Å². The molecule has 39 heavy (non-hydrogen) atoms. The Morgan fingerprint density at radius 3 is 2.46 bits per heavy atom. The molecule has 2 aliphatic rings. The molecule has 6 nitrogen and oxygen atoms in total. The van der Waals surface area contributed by atoms with Gasteiger partial charge in [-0.2, -0.15) is 0 Å². The zero-order chi connectivity index (χ0) is 27.4. The van der Waals surface area contributed by atoms with Crippen LogP contribution < -0.4 is 10.2 Å². The maximum absolute atomic E-state index is 13.6. The summed E-state index contributed by atoms with van der Waals surface area (Å²) in [5, 5.41) is 5.17. The Bertz CT molecular complexity index is 1350. The summed E-state index contributed by atoms with van der Waals surface area (Å²) in [5.74, 6) is -0.662. The van der Waals surface area contributed by atoms with E-state index < -0.39 is 6.04 Å². The zero-order valence-corrected chi connectivity index (χ0v) is 22.5. The molecule has 3 amide bonds. The summed E-state index contributed by atoms with van der Waals surface area (Å²) >= 11 is 0. The van der Waals surface area contributed by atoms with E-state index in [1.54, 1.807) is 21.9 Å². The van der Waals surface area contributed by atoms with Crippen molar-refractivity contribution >= 4 is 34.2 Å². The van der Waals surface area contributed by atoms with Crippen LogP contribution in [0, 0.1) is 5.82 Å². The molecule has 1 heterocycles. The maximum atomic E-state index is 13.6. The second kappa shape index (κ2) is 12.0. The van der Waals surface area contributed by atoms with E-state index in [9.17, 15) is 18.8 Å². The fourth-order valence-electron chi connectivity index (χ4n) is 5.98. The van der Waals surface area contributed by atoms with E-state index in [1.807, 2.05) is 43.3 Å². The molecule has 0 unspecified atom stereocenters. The molecular weight excluding hydrogens is 493 g/mol. The van der Waals surface area contributed by atoms with Gasteiger partial charge in [0.25, 0.3) is 5.91 Å². The summed E-state index contributed by atoms with van der Waals surface area (Å²) in [4.78, 5) is 43.5. The summed E-state index contributed by atoms with van der Waals surface area (Å²) < 4.78 is 13.5. The lowest BCUT2D eigenvalue weighted by molar-refractivity contribution is -0.141. The highest BCUT2D eigenvalue weighted by atomic mass is 19.1. The van der Waals surface area contributed by atoms with Crippen molar-refractivity contribution in [1.29, 1.82) is 0 Å². The number of carbonyl (C=O) groups is 3. The van der Waals surface area contributed by atoms with E-state index in [0.29, 0.717) is 24.9 Å². The molecule has 204 valence electrons. The second-order valence-corrected chi connectivity index (χ2v) is 10.7. The van der Waals surface area contributed by atoms with E-state index >= 15 is 0 Å². The average Bonchev–Trinajstić information content (AvgIpc) is 3.22. The van der Waals surface area contributed by atoms with Gasteiger partial charge in [0.2, 0.25) is 11.8 Å². The monoisotopic (exact) mass is 529 g/mol. The average molecular weight is 530 g/mol. The van der Waals surface area contributed by atoms with Crippen LogP contribution in [-0.2, 0) is 16.1 Å². The topological polar surface area (TPSA) is 69.7 Å². The summed E-state index contributed by atoms with van der Waals surface area (Å²) in [6.45, 7) is 2.55. The number of nitrogens with one attached hydrogen (secondary N) is 1. The first-order chi connectivity index (χ1) is 19.0. The first-order valence-corrected chi connectivity index (χ1v) is 14.1. The molecule has 5 rings (SSSR count). The number of rotatable bonds is 10. The molecule has 0 saturated heterocycles. The molecule has 1 atom stereocenters. The zero-order valence-electron chi connectivity index (χ0n) is 22.5. The van der Waals surface area contributed by atoms with Gasteiger partial charge in [-0.25, -0.2) is 4.39 Å². The van der Waals surface area contributed by atoms with Crippen LogP contribution in [0.1, 0.15) is 74.2 Å². The molecule has 1 aliphatic carbocycles. The normalized spacial score (nSPS) is 15.9. The SMILES string of the molecule is CC[C@H](C(=O)NC1CCCCC1)N(Cc1ccc(F)cc1)C(=O)CCCN1C(=O)c2cccc3cccc1c23. The predicted octanol–water partition coefficient (Wildman–Crippen LogP) is 5.98. The number of carbonyl (C=O) groups excluding carboxylic acids is 3. The van der Waals surface area contributed by atoms with Gasteiger partial charge in [0, 0.05) is 36.5 Å². The largest absolute Gasteiger partial charge is 0.352 e. The van der Waals surface area contributed by atoms with Gasteiger partial charge in [-0.15, -0.1) is 0 Å². The van der Waals surface area contributed by atoms with Crippen molar-refractivity contribution in [2.24, 2.45) is 0 Å². The summed E-state index contributed by atoms with van der Waals surface area (Å²) in [6, 6.07) is 17.2. The third-order valence-electron chi connectivity index (χ3n) is 8.03. The van der Waals surface area contributed by atoms with Crippen LogP contribution in [0.3, 0.4) is 0 Å². The third-order valence-corrected chi connectivity index (χ3v) is 8.03. The Balaban J connectivity index is 1.29. The Labute approximate surface area is 229 Å². The molecule has 1 saturated carbocycles. The molecule has 1 aliphatic heterocycles. The van der Waals surface area contributed by atoms with Crippen LogP contribution in [-0.4, -0.2) is 41.2 Å². The van der Waals surface area contributed by atoms with Crippen molar-refractivity contribution in [2.75, 3.05) is 11.4 Å². The minimum atomic E-state index is -0.615. The molecular formula is C32H36FN3O3. The molecule has 0 bridgehead atoms. The van der Waals surface area contributed by atoms with Crippen LogP contribution >= 0.6 is 0 Å². The fraction of sp³-hybridized carbons (Fsp3) is 0.406. The van der Waals surface area contributed by atoms with Crippen LogP contribution in [0.25, 0.3) is 10.8 Å². The first-order valence-electron chi connectivity index (χ1n) is 14.1. The van der Waals surface area contributed by atoms with E-state index in [4.69, 9.17) is 0 Å². The van der Waals surface area contributed by atoms with Crippen molar-refractivity contribution in [2.45, 2.75) is 76.9 Å². The number of amides is 3. The number of halogens is 1. The predicted molar refractivity (Wildman–Crippen MR) is 151 cm³/mol. The highest BCUT2D eigenvalue weighted by Crippen LogP contribution is 2.37. The third kappa shape index (κ3) is 5.82. The van der Waals surface area contributed by atoms with Gasteiger partial charge in [-0.1, -0.05) is 62.6 Å². The molecule has 7 heteroatoms. The molecule has 0 radical (unpaired) electrons. The number of hydrogen-bond acceptors (Lipinski definition) is 3. The van der Waals surface area contributed by atoms with Crippen LogP contribution in [0.5, 0.6) is 0 Å². The lowest BCUT2D eigenvalue weighted by Gasteiger charge is -2.33. The van der Waals surface area contributed by atoms with Crippen LogP contribution in [0.15, 0.2) is 60.7 Å². The highest BCUT2D eigenvalue weighted by Gasteiger charge is 2.32. The van der Waals surface area contributed by atoms with Gasteiger partial charge in [-0.05, 0) is 60.9 Å². The van der Waals surface area contributed by atoms with Crippen molar-refractivity contribution in [3.05, 3.63) is 77.6 Å². The number of benzene rings is 3. The van der Waals surface area contributed by atoms with Crippen molar-refractivity contribution in [3.8, 4) is 0 Å². The number of nitrogens with zero attached hydrogens (tertiary/aromatic N) is 2. The number of hydrogen-bond donors (Lipinski definition) is 1. The molecule has 0 spiro atoms. The van der Waals surface area contributed by atoms with Crippen LogP contribution in [0.4, 0.5) is 10.1 Å². The van der Waals surface area contributed by atoms with Gasteiger partial charge >= 0.3 is 0 Å². The minimum Gasteiger partial charge on any atom is -0.352 e. The lowest BCUT2D eigenvalue weighted by Crippen LogP contribution is -2.51. The maximum Gasteiger partial charge on any atom is 0.258 e. The molecule has 1 N–H and O–H groups in total. The van der Waals surface area contributed by atoms with Gasteiger partial charge in [0.05, 0.1) is 5.69 Å². The Hall–Kier alpha value is -3.74. The lowest BCUT2D eigenvalue weighted by atomic mass is 9.95. The Morgan fingerprint density at radius 1 is 1.03 bits per heavy atom. The summed E-state index contributed by atoms with van der Waals surface area (Å²) in [6.07, 6.45) is 6.48. The second-order valence-electron chi connectivity index (χ2n) is 10.7. The van der Waals surface area contributed by atoms with E-state index in [0.717, 1.165) is 47.7 Å². The standard InChI is InChI=1S/C32H36FN3O3/c1-2-27(31(38)34-25-11-4-3-5-12-25)36(21-22-16-18-24(33)19-17-22)29(37)15-8-20-35-28-14-7-10-23-9-6-13-26(30(23)28)32(35)39/h6-7,9-10,13-14,16-19,25,27H,2-5,8,11-12,15,20-21H2,1H3,(H,34,38)/t27-/m1/s1.